The highest BCUT2D eigenvalue weighted by molar-refractivity contribution is 6.17. The van der Waals surface area contributed by atoms with Gasteiger partial charge in [-0.1, -0.05) is 6.92 Å². The lowest BCUT2D eigenvalue weighted by Gasteiger charge is -2.25. The molecule has 0 bridgehead atoms. The van der Waals surface area contributed by atoms with E-state index in [0.717, 1.165) is 18.0 Å². The minimum atomic E-state index is 0.542. The van der Waals surface area contributed by atoms with Crippen LogP contribution in [0.1, 0.15) is 25.8 Å². The van der Waals surface area contributed by atoms with E-state index in [1.807, 2.05) is 12.4 Å². The van der Waals surface area contributed by atoms with Gasteiger partial charge in [-0.2, -0.15) is 0 Å². The second-order valence-electron chi connectivity index (χ2n) is 4.48. The molecule has 1 fully saturated rings. The molecule has 0 spiro atoms. The zero-order chi connectivity index (χ0) is 10.8. The molecule has 2 unspecified atom stereocenters. The summed E-state index contributed by atoms with van der Waals surface area (Å²) in [7, 11) is 0. The largest absolute Gasteiger partial charge is 0.368 e. The van der Waals surface area contributed by atoms with Gasteiger partial charge in [0.05, 0.1) is 5.88 Å². The molecule has 1 aliphatic rings. The van der Waals surface area contributed by atoms with Crippen LogP contribution in [0.2, 0.25) is 0 Å². The van der Waals surface area contributed by atoms with E-state index in [1.165, 1.54) is 12.1 Å². The molecule has 0 saturated carbocycles. The highest BCUT2D eigenvalue weighted by Gasteiger charge is 2.27. The van der Waals surface area contributed by atoms with Gasteiger partial charge in [0.15, 0.2) is 0 Å². The van der Waals surface area contributed by atoms with Crippen LogP contribution in [0, 0.1) is 5.92 Å². The Labute approximate surface area is 96.3 Å². The van der Waals surface area contributed by atoms with Gasteiger partial charge in [-0.25, -0.2) is 0 Å². The van der Waals surface area contributed by atoms with Crippen molar-refractivity contribution in [3.05, 3.63) is 24.0 Å². The van der Waals surface area contributed by atoms with Crippen molar-refractivity contribution in [1.82, 2.24) is 4.98 Å². The van der Waals surface area contributed by atoms with Gasteiger partial charge in [0.25, 0.3) is 0 Å². The number of rotatable bonds is 2. The number of halogens is 1. The molecule has 0 aromatic carbocycles. The summed E-state index contributed by atoms with van der Waals surface area (Å²) in [4.78, 5) is 6.57. The van der Waals surface area contributed by atoms with Crippen LogP contribution < -0.4 is 4.90 Å². The van der Waals surface area contributed by atoms with E-state index in [2.05, 4.69) is 29.8 Å². The van der Waals surface area contributed by atoms with Crippen LogP contribution >= 0.6 is 11.6 Å². The fourth-order valence-corrected chi connectivity index (χ4v) is 2.64. The molecular formula is C12H17ClN2. The number of hydrogen-bond donors (Lipinski definition) is 0. The Morgan fingerprint density at radius 2 is 2.33 bits per heavy atom. The standard InChI is InChI=1S/C12H17ClN2/c1-9-5-10(2)15(8-9)12-3-4-14-7-11(12)6-13/h3-4,7,9-10H,5-6,8H2,1-2H3. The summed E-state index contributed by atoms with van der Waals surface area (Å²) in [5.74, 6) is 1.32. The molecule has 1 aromatic heterocycles. The monoisotopic (exact) mass is 224 g/mol. The third kappa shape index (κ3) is 2.10. The van der Waals surface area contributed by atoms with Crippen molar-refractivity contribution >= 4 is 17.3 Å². The SMILES string of the molecule is CC1CC(C)N(c2ccncc2CCl)C1. The number of alkyl halides is 1. The first-order valence-electron chi connectivity index (χ1n) is 5.48. The molecule has 2 nitrogen and oxygen atoms in total. The summed E-state index contributed by atoms with van der Waals surface area (Å²) in [6.45, 7) is 5.72. The molecule has 0 radical (unpaired) electrons. The smallest absolute Gasteiger partial charge is 0.0509 e. The zero-order valence-electron chi connectivity index (χ0n) is 9.28. The summed E-state index contributed by atoms with van der Waals surface area (Å²) in [6.07, 6.45) is 4.99. The van der Waals surface area contributed by atoms with Gasteiger partial charge in [0, 0.05) is 36.2 Å². The van der Waals surface area contributed by atoms with Crippen LogP contribution in [0.25, 0.3) is 0 Å². The molecule has 1 aliphatic heterocycles. The second kappa shape index (κ2) is 4.40. The molecule has 2 atom stereocenters. The molecule has 1 saturated heterocycles. The zero-order valence-corrected chi connectivity index (χ0v) is 10.0. The van der Waals surface area contributed by atoms with Gasteiger partial charge in [-0.15, -0.1) is 11.6 Å². The summed E-state index contributed by atoms with van der Waals surface area (Å²) in [5, 5.41) is 0. The van der Waals surface area contributed by atoms with E-state index >= 15 is 0 Å². The lowest BCUT2D eigenvalue weighted by Crippen LogP contribution is -2.27. The third-order valence-corrected chi connectivity index (χ3v) is 3.40. The first kappa shape index (κ1) is 10.7. The minimum absolute atomic E-state index is 0.542. The number of hydrogen-bond acceptors (Lipinski definition) is 2. The van der Waals surface area contributed by atoms with E-state index < -0.39 is 0 Å². The summed E-state index contributed by atoms with van der Waals surface area (Å²) in [6, 6.07) is 2.69. The van der Waals surface area contributed by atoms with Crippen molar-refractivity contribution in [1.29, 1.82) is 0 Å². The predicted molar refractivity (Wildman–Crippen MR) is 64.4 cm³/mol. The average molecular weight is 225 g/mol. The molecule has 0 N–H and O–H groups in total. The molecular weight excluding hydrogens is 208 g/mol. The maximum absolute atomic E-state index is 5.93. The molecule has 0 amide bonds. The third-order valence-electron chi connectivity index (χ3n) is 3.12. The van der Waals surface area contributed by atoms with Crippen molar-refractivity contribution in [3.8, 4) is 0 Å². The van der Waals surface area contributed by atoms with Crippen molar-refractivity contribution in [3.63, 3.8) is 0 Å². The summed E-state index contributed by atoms with van der Waals surface area (Å²) >= 11 is 5.93. The maximum Gasteiger partial charge on any atom is 0.0509 e. The molecule has 3 heteroatoms. The number of aromatic nitrogens is 1. The molecule has 2 rings (SSSR count). The lowest BCUT2D eigenvalue weighted by molar-refractivity contribution is 0.625. The Morgan fingerprint density at radius 3 is 2.93 bits per heavy atom. The van der Waals surface area contributed by atoms with E-state index in [4.69, 9.17) is 11.6 Å². The van der Waals surface area contributed by atoms with E-state index in [9.17, 15) is 0 Å². The van der Waals surface area contributed by atoms with Gasteiger partial charge in [-0.05, 0) is 25.3 Å². The quantitative estimate of drug-likeness (QED) is 0.718. The lowest BCUT2D eigenvalue weighted by atomic mass is 10.1. The molecule has 0 aliphatic carbocycles. The van der Waals surface area contributed by atoms with Crippen molar-refractivity contribution in [2.24, 2.45) is 5.92 Å². The topological polar surface area (TPSA) is 16.1 Å². The first-order valence-corrected chi connectivity index (χ1v) is 6.01. The average Bonchev–Trinajstić information content (AvgIpc) is 2.57. The predicted octanol–water partition coefficient (Wildman–Crippen LogP) is 3.06. The van der Waals surface area contributed by atoms with Crippen molar-refractivity contribution in [2.75, 3.05) is 11.4 Å². The highest BCUT2D eigenvalue weighted by atomic mass is 35.5. The van der Waals surface area contributed by atoms with Crippen LogP contribution in [-0.4, -0.2) is 17.6 Å². The number of nitrogens with zero attached hydrogens (tertiary/aromatic N) is 2. The Bertz CT molecular complexity index is 340. The van der Waals surface area contributed by atoms with Crippen molar-refractivity contribution < 1.29 is 0 Å². The molecule has 2 heterocycles. The highest BCUT2D eigenvalue weighted by Crippen LogP contribution is 2.31. The Balaban J connectivity index is 2.29. The van der Waals surface area contributed by atoms with Gasteiger partial charge >= 0.3 is 0 Å². The van der Waals surface area contributed by atoms with Gasteiger partial charge in [0.1, 0.15) is 0 Å². The van der Waals surface area contributed by atoms with Crippen LogP contribution in [0.15, 0.2) is 18.5 Å². The van der Waals surface area contributed by atoms with Gasteiger partial charge < -0.3 is 4.90 Å². The summed E-state index contributed by atoms with van der Waals surface area (Å²) in [5.41, 5.74) is 2.40. The van der Waals surface area contributed by atoms with E-state index in [0.29, 0.717) is 11.9 Å². The fourth-order valence-electron chi connectivity index (χ4n) is 2.44. The normalized spacial score (nSPS) is 25.9. The Kier molecular flexibility index (Phi) is 3.15. The number of anilines is 1. The van der Waals surface area contributed by atoms with Gasteiger partial charge in [-0.3, -0.25) is 4.98 Å². The van der Waals surface area contributed by atoms with Crippen LogP contribution in [0.5, 0.6) is 0 Å². The maximum atomic E-state index is 5.93. The van der Waals surface area contributed by atoms with Gasteiger partial charge in [0.2, 0.25) is 0 Å². The van der Waals surface area contributed by atoms with E-state index in [1.54, 1.807) is 0 Å². The first-order chi connectivity index (χ1) is 7.22. The van der Waals surface area contributed by atoms with Crippen molar-refractivity contribution in [2.45, 2.75) is 32.2 Å². The van der Waals surface area contributed by atoms with Crippen LogP contribution in [0.4, 0.5) is 5.69 Å². The van der Waals surface area contributed by atoms with Crippen LogP contribution in [-0.2, 0) is 5.88 Å². The fraction of sp³-hybridized carbons (Fsp3) is 0.583. The van der Waals surface area contributed by atoms with E-state index in [-0.39, 0.29) is 0 Å². The summed E-state index contributed by atoms with van der Waals surface area (Å²) < 4.78 is 0. The number of pyridine rings is 1. The molecule has 15 heavy (non-hydrogen) atoms. The Hall–Kier alpha value is -0.760. The van der Waals surface area contributed by atoms with Crippen LogP contribution in [0.3, 0.4) is 0 Å². The molecule has 1 aromatic rings. The minimum Gasteiger partial charge on any atom is -0.368 e. The Morgan fingerprint density at radius 1 is 1.53 bits per heavy atom. The molecule has 82 valence electrons. The second-order valence-corrected chi connectivity index (χ2v) is 4.75.